The van der Waals surface area contributed by atoms with Crippen molar-refractivity contribution in [2.45, 2.75) is 6.92 Å². The van der Waals surface area contributed by atoms with Gasteiger partial charge in [-0.05, 0) is 12.1 Å². The lowest BCUT2D eigenvalue weighted by molar-refractivity contribution is 0.676. The molecule has 0 aliphatic rings. The highest BCUT2D eigenvalue weighted by molar-refractivity contribution is 6.50. The minimum Gasteiger partial charge on any atom is -0.454 e. The highest BCUT2D eigenvalue weighted by Crippen LogP contribution is 1.91. The second-order valence-electron chi connectivity index (χ2n) is 2.07. The standard InChI is InChI=1S/C7H7OSi2/c1-6-3-2-4-7(5-6)10-8-9/h2-5H,1H3. The zero-order valence-electron chi connectivity index (χ0n) is 5.72. The van der Waals surface area contributed by atoms with Gasteiger partial charge < -0.3 is 4.12 Å². The van der Waals surface area contributed by atoms with Crippen molar-refractivity contribution in [2.75, 3.05) is 0 Å². The van der Waals surface area contributed by atoms with Gasteiger partial charge in [0.1, 0.15) is 0 Å². The molecular weight excluding hydrogens is 156 g/mol. The van der Waals surface area contributed by atoms with Gasteiger partial charge in [0, 0.05) is 0 Å². The largest absolute Gasteiger partial charge is 0.454 e. The van der Waals surface area contributed by atoms with E-state index in [1.165, 1.54) is 10.8 Å². The van der Waals surface area contributed by atoms with Crippen molar-refractivity contribution in [1.29, 1.82) is 0 Å². The van der Waals surface area contributed by atoms with Crippen LogP contribution in [0.25, 0.3) is 0 Å². The van der Waals surface area contributed by atoms with Gasteiger partial charge in [-0.25, -0.2) is 0 Å². The molecule has 1 nitrogen and oxygen atoms in total. The molecule has 0 saturated carbocycles. The second kappa shape index (κ2) is 3.70. The summed E-state index contributed by atoms with van der Waals surface area (Å²) < 4.78 is 4.82. The van der Waals surface area contributed by atoms with E-state index in [-0.39, 0.29) is 0 Å². The Labute approximate surface area is 66.9 Å². The van der Waals surface area contributed by atoms with Crippen molar-refractivity contribution in [3.8, 4) is 0 Å². The summed E-state index contributed by atoms with van der Waals surface area (Å²) >= 11 is 0. The number of hydrogen-bond donors (Lipinski definition) is 0. The molecule has 0 saturated heterocycles. The molecular formula is C7H7OSi2. The molecule has 5 radical (unpaired) electrons. The summed E-state index contributed by atoms with van der Waals surface area (Å²) in [5.74, 6) is 0. The monoisotopic (exact) mass is 163 g/mol. The molecule has 10 heavy (non-hydrogen) atoms. The molecule has 0 aliphatic carbocycles. The molecule has 0 spiro atoms. The summed E-state index contributed by atoms with van der Waals surface area (Å²) in [6.45, 7) is 2.07. The van der Waals surface area contributed by atoms with E-state index in [0.717, 1.165) is 0 Å². The first-order valence-corrected chi connectivity index (χ1v) is 4.30. The van der Waals surface area contributed by atoms with Gasteiger partial charge in [-0.2, -0.15) is 0 Å². The fraction of sp³-hybridized carbons (Fsp3) is 0.143. The van der Waals surface area contributed by atoms with Crippen LogP contribution in [0.3, 0.4) is 0 Å². The number of benzene rings is 1. The lowest BCUT2D eigenvalue weighted by atomic mass is 10.2. The van der Waals surface area contributed by atoms with Crippen LogP contribution in [-0.4, -0.2) is 20.2 Å². The lowest BCUT2D eigenvalue weighted by Gasteiger charge is -1.96. The van der Waals surface area contributed by atoms with E-state index in [9.17, 15) is 0 Å². The van der Waals surface area contributed by atoms with Crippen LogP contribution in [0.2, 0.25) is 0 Å². The van der Waals surface area contributed by atoms with Crippen LogP contribution in [0, 0.1) is 6.92 Å². The zero-order valence-corrected chi connectivity index (χ0v) is 7.72. The van der Waals surface area contributed by atoms with E-state index in [1.54, 1.807) is 0 Å². The molecule has 1 aromatic carbocycles. The van der Waals surface area contributed by atoms with Gasteiger partial charge in [-0.1, -0.05) is 29.8 Å². The van der Waals surface area contributed by atoms with Crippen LogP contribution in [0.4, 0.5) is 0 Å². The van der Waals surface area contributed by atoms with Crippen LogP contribution in [0.15, 0.2) is 24.3 Å². The van der Waals surface area contributed by atoms with E-state index < -0.39 is 0 Å². The fourth-order valence-corrected chi connectivity index (χ4v) is 1.69. The summed E-state index contributed by atoms with van der Waals surface area (Å²) in [6.07, 6.45) is 0. The zero-order chi connectivity index (χ0) is 7.40. The summed E-state index contributed by atoms with van der Waals surface area (Å²) in [6, 6.07) is 8.26. The first-order chi connectivity index (χ1) is 4.83. The minimum atomic E-state index is 0.397. The molecule has 49 valence electrons. The molecule has 0 amide bonds. The van der Waals surface area contributed by atoms with Crippen molar-refractivity contribution in [3.63, 3.8) is 0 Å². The van der Waals surface area contributed by atoms with E-state index in [0.29, 0.717) is 9.76 Å². The Morgan fingerprint density at radius 1 is 1.50 bits per heavy atom. The average Bonchev–Trinajstić information content (AvgIpc) is 1.88. The second-order valence-corrected chi connectivity index (χ2v) is 3.67. The predicted octanol–water partition coefficient (Wildman–Crippen LogP) is 0.340. The first-order valence-electron chi connectivity index (χ1n) is 2.98. The third kappa shape index (κ3) is 2.09. The SMILES string of the molecule is Cc1cccc([Si]O[Si])c1. The molecule has 0 atom stereocenters. The maximum absolute atomic E-state index is 4.82. The van der Waals surface area contributed by atoms with Crippen molar-refractivity contribution >= 4 is 25.4 Å². The molecule has 0 bridgehead atoms. The summed E-state index contributed by atoms with van der Waals surface area (Å²) in [7, 11) is 3.36. The van der Waals surface area contributed by atoms with Gasteiger partial charge in [0.15, 0.2) is 0 Å². The first kappa shape index (κ1) is 7.72. The van der Waals surface area contributed by atoms with Gasteiger partial charge in [-0.3, -0.25) is 0 Å². The molecule has 3 heteroatoms. The molecule has 1 aromatic rings. The molecule has 0 N–H and O–H groups in total. The minimum absolute atomic E-state index is 0.397. The number of hydrogen-bond acceptors (Lipinski definition) is 1. The van der Waals surface area contributed by atoms with Crippen molar-refractivity contribution in [3.05, 3.63) is 29.8 Å². The average molecular weight is 163 g/mol. The summed E-state index contributed by atoms with van der Waals surface area (Å²) in [4.78, 5) is 0. The molecule has 1 rings (SSSR count). The van der Waals surface area contributed by atoms with Crippen LogP contribution >= 0.6 is 0 Å². The van der Waals surface area contributed by atoms with Gasteiger partial charge >= 0.3 is 0 Å². The predicted molar refractivity (Wildman–Crippen MR) is 43.4 cm³/mol. The van der Waals surface area contributed by atoms with E-state index >= 15 is 0 Å². The van der Waals surface area contributed by atoms with Crippen LogP contribution in [-0.2, 0) is 4.12 Å². The van der Waals surface area contributed by atoms with E-state index in [2.05, 4.69) is 29.5 Å². The van der Waals surface area contributed by atoms with Crippen LogP contribution < -0.4 is 5.19 Å². The lowest BCUT2D eigenvalue weighted by Crippen LogP contribution is -2.15. The fourth-order valence-electron chi connectivity index (χ4n) is 0.767. The molecule has 0 aliphatic heterocycles. The summed E-state index contributed by atoms with van der Waals surface area (Å²) in [5, 5.41) is 1.22. The van der Waals surface area contributed by atoms with Crippen molar-refractivity contribution in [1.82, 2.24) is 0 Å². The third-order valence-corrected chi connectivity index (χ3v) is 2.14. The van der Waals surface area contributed by atoms with E-state index in [1.807, 2.05) is 12.1 Å². The Bertz CT molecular complexity index is 213. The maximum atomic E-state index is 4.82. The van der Waals surface area contributed by atoms with Crippen molar-refractivity contribution < 1.29 is 4.12 Å². The molecule has 0 unspecified atom stereocenters. The highest BCUT2D eigenvalue weighted by Gasteiger charge is 1.92. The van der Waals surface area contributed by atoms with Gasteiger partial charge in [0.2, 0.25) is 10.5 Å². The smallest absolute Gasteiger partial charge is 0.256 e. The van der Waals surface area contributed by atoms with Crippen LogP contribution in [0.1, 0.15) is 5.56 Å². The Balaban J connectivity index is 2.75. The topological polar surface area (TPSA) is 9.23 Å². The Hall–Kier alpha value is -0.386. The van der Waals surface area contributed by atoms with Gasteiger partial charge in [0.25, 0.3) is 9.76 Å². The van der Waals surface area contributed by atoms with Crippen LogP contribution in [0.5, 0.6) is 0 Å². The number of aryl methyl sites for hydroxylation is 1. The number of rotatable bonds is 2. The Morgan fingerprint density at radius 2 is 2.30 bits per heavy atom. The Morgan fingerprint density at radius 3 is 2.90 bits per heavy atom. The maximum Gasteiger partial charge on any atom is 0.256 e. The molecule has 0 fully saturated rings. The van der Waals surface area contributed by atoms with Gasteiger partial charge in [0.05, 0.1) is 0 Å². The molecule has 0 heterocycles. The van der Waals surface area contributed by atoms with Crippen molar-refractivity contribution in [2.24, 2.45) is 0 Å². The molecule has 0 aromatic heterocycles. The highest BCUT2D eigenvalue weighted by atomic mass is 28.3. The normalized spacial score (nSPS) is 9.80. The Kier molecular flexibility index (Phi) is 2.86. The van der Waals surface area contributed by atoms with E-state index in [4.69, 9.17) is 4.12 Å². The van der Waals surface area contributed by atoms with Gasteiger partial charge in [-0.15, -0.1) is 0 Å². The third-order valence-electron chi connectivity index (χ3n) is 1.19. The quantitative estimate of drug-likeness (QED) is 0.571. The summed E-state index contributed by atoms with van der Waals surface area (Å²) in [5.41, 5.74) is 1.27.